The molecule has 1 aliphatic heterocycles. The van der Waals surface area contributed by atoms with Gasteiger partial charge >= 0.3 is 0 Å². The van der Waals surface area contributed by atoms with Gasteiger partial charge in [-0.25, -0.2) is 0 Å². The van der Waals surface area contributed by atoms with E-state index in [-0.39, 0.29) is 10.3 Å². The summed E-state index contributed by atoms with van der Waals surface area (Å²) in [4.78, 5) is 13.9. The highest BCUT2D eigenvalue weighted by Crippen LogP contribution is 2.29. The van der Waals surface area contributed by atoms with Gasteiger partial charge in [-0.3, -0.25) is 15.1 Å². The summed E-state index contributed by atoms with van der Waals surface area (Å²) in [5.74, 6) is 0. The molecule has 0 amide bonds. The van der Waals surface area contributed by atoms with Crippen molar-refractivity contribution in [3.05, 3.63) is 34.9 Å². The zero-order valence-corrected chi connectivity index (χ0v) is 7.16. The summed E-state index contributed by atoms with van der Waals surface area (Å²) in [5, 5.41) is 9.34. The van der Waals surface area contributed by atoms with Gasteiger partial charge in [0.2, 0.25) is 0 Å². The third kappa shape index (κ3) is 1.73. The second-order valence-electron chi connectivity index (χ2n) is 2.24. The molecule has 0 saturated heterocycles. The molecule has 0 aromatic carbocycles. The lowest BCUT2D eigenvalue weighted by Gasteiger charge is -2.04. The summed E-state index contributed by atoms with van der Waals surface area (Å²) in [5.41, 5.74) is 0.709. The van der Waals surface area contributed by atoms with E-state index in [4.69, 9.17) is 0 Å². The molecule has 64 valence electrons. The molecule has 2 unspecified atom stereocenters. The Hall–Kier alpha value is -1.10. The Kier molecular flexibility index (Phi) is 2.65. The number of hydrogen-bond donors (Lipinski definition) is 0. The summed E-state index contributed by atoms with van der Waals surface area (Å²) < 4.78 is 0. The highest BCUT2D eigenvalue weighted by atomic mass is 32.2. The number of nitro groups is 1. The second kappa shape index (κ2) is 3.53. The summed E-state index contributed by atoms with van der Waals surface area (Å²) >= 11 is 1.16. The smallest absolute Gasteiger partial charge is 0.270 e. The van der Waals surface area contributed by atoms with Crippen molar-refractivity contribution >= 4 is 18.0 Å². The second-order valence-corrected chi connectivity index (χ2v) is 3.44. The van der Waals surface area contributed by atoms with E-state index in [9.17, 15) is 10.1 Å². The predicted octanol–water partition coefficient (Wildman–Crippen LogP) is 1.48. The van der Waals surface area contributed by atoms with Crippen LogP contribution < -0.4 is 0 Å². The zero-order valence-electron chi connectivity index (χ0n) is 6.34. The van der Waals surface area contributed by atoms with Crippen LogP contribution in [0.15, 0.2) is 29.8 Å². The minimum atomic E-state index is -0.730. The first-order chi connectivity index (χ1) is 5.65. The van der Waals surface area contributed by atoms with Crippen LogP contribution in [0.5, 0.6) is 0 Å². The topological polar surface area (TPSA) is 55.5 Å². The van der Waals surface area contributed by atoms with Gasteiger partial charge < -0.3 is 0 Å². The molecule has 0 spiro atoms. The fraction of sp³-hybridized carbons (Fsp3) is 0.286. The molecule has 0 aromatic rings. The van der Waals surface area contributed by atoms with Gasteiger partial charge in [0, 0.05) is 4.92 Å². The van der Waals surface area contributed by atoms with E-state index in [0.29, 0.717) is 5.57 Å². The van der Waals surface area contributed by atoms with Gasteiger partial charge in [-0.2, -0.15) is 0 Å². The van der Waals surface area contributed by atoms with Gasteiger partial charge in [-0.1, -0.05) is 19.2 Å². The van der Waals surface area contributed by atoms with Gasteiger partial charge in [0.15, 0.2) is 0 Å². The summed E-state index contributed by atoms with van der Waals surface area (Å²) in [6.45, 7) is 7.19. The molecule has 0 radical (unpaired) electrons. The first-order valence-electron chi connectivity index (χ1n) is 3.28. The molecule has 0 aromatic heterocycles. The van der Waals surface area contributed by atoms with Gasteiger partial charge in [0.05, 0.1) is 6.21 Å². The predicted molar refractivity (Wildman–Crippen MR) is 50.0 cm³/mol. The van der Waals surface area contributed by atoms with Crippen LogP contribution in [0, 0.1) is 10.1 Å². The minimum Gasteiger partial charge on any atom is -0.270 e. The molecular formula is C7H8N2O2S. The van der Waals surface area contributed by atoms with Crippen LogP contribution in [-0.2, 0) is 0 Å². The fourth-order valence-corrected chi connectivity index (χ4v) is 1.66. The molecule has 0 fully saturated rings. The first kappa shape index (κ1) is 8.99. The molecule has 1 rings (SSSR count). The third-order valence-corrected chi connectivity index (χ3v) is 2.66. The van der Waals surface area contributed by atoms with Crippen LogP contribution in [0.1, 0.15) is 0 Å². The standard InChI is InChI=1S/C7H8N2O2S/c1-3-5(2)7-8-4-6(12-7)9(10)11/h3-4,6-7H,1-2H2. The minimum absolute atomic E-state index is 0.224. The highest BCUT2D eigenvalue weighted by molar-refractivity contribution is 8.01. The summed E-state index contributed by atoms with van der Waals surface area (Å²) in [6, 6.07) is 0. The van der Waals surface area contributed by atoms with E-state index in [1.807, 2.05) is 0 Å². The molecule has 1 heterocycles. The third-order valence-electron chi connectivity index (χ3n) is 1.40. The molecule has 1 aliphatic rings. The number of thioether (sulfide) groups is 1. The van der Waals surface area contributed by atoms with E-state index in [0.717, 1.165) is 11.8 Å². The maximum absolute atomic E-state index is 10.3. The quantitative estimate of drug-likeness (QED) is 0.379. The van der Waals surface area contributed by atoms with E-state index in [1.54, 1.807) is 6.08 Å². The lowest BCUT2D eigenvalue weighted by atomic mass is 10.3. The number of nitrogens with zero attached hydrogens (tertiary/aromatic N) is 2. The van der Waals surface area contributed by atoms with E-state index >= 15 is 0 Å². The number of hydrogen-bond acceptors (Lipinski definition) is 4. The van der Waals surface area contributed by atoms with Crippen molar-refractivity contribution in [2.45, 2.75) is 10.7 Å². The molecule has 2 atom stereocenters. The first-order valence-corrected chi connectivity index (χ1v) is 4.23. The van der Waals surface area contributed by atoms with Crippen molar-refractivity contribution in [3.8, 4) is 0 Å². The summed E-state index contributed by atoms with van der Waals surface area (Å²) in [6.07, 6.45) is 2.90. The SMILES string of the molecule is C=CC(=C)C1N=CC([N+](=O)[O-])S1. The van der Waals surface area contributed by atoms with Crippen LogP contribution in [0.4, 0.5) is 0 Å². The Balaban J connectivity index is 2.58. The van der Waals surface area contributed by atoms with Crippen molar-refractivity contribution in [1.29, 1.82) is 0 Å². The monoisotopic (exact) mass is 184 g/mol. The highest BCUT2D eigenvalue weighted by Gasteiger charge is 2.29. The van der Waals surface area contributed by atoms with Crippen molar-refractivity contribution < 1.29 is 4.92 Å². The Labute approximate surface area is 74.2 Å². The molecule has 12 heavy (non-hydrogen) atoms. The van der Waals surface area contributed by atoms with E-state index < -0.39 is 5.37 Å². The van der Waals surface area contributed by atoms with Gasteiger partial charge in [0.25, 0.3) is 5.37 Å². The van der Waals surface area contributed by atoms with Crippen molar-refractivity contribution in [1.82, 2.24) is 0 Å². The van der Waals surface area contributed by atoms with Crippen LogP contribution in [0.25, 0.3) is 0 Å². The molecule has 0 saturated carbocycles. The van der Waals surface area contributed by atoms with Gasteiger partial charge in [-0.05, 0) is 17.3 Å². The Morgan fingerprint density at radius 2 is 2.50 bits per heavy atom. The lowest BCUT2D eigenvalue weighted by Crippen LogP contribution is -2.14. The Morgan fingerprint density at radius 3 is 2.92 bits per heavy atom. The van der Waals surface area contributed by atoms with E-state index in [1.165, 1.54) is 6.21 Å². The van der Waals surface area contributed by atoms with Crippen molar-refractivity contribution in [2.75, 3.05) is 0 Å². The van der Waals surface area contributed by atoms with Crippen LogP contribution >= 0.6 is 11.8 Å². The van der Waals surface area contributed by atoms with Crippen LogP contribution in [0.3, 0.4) is 0 Å². The van der Waals surface area contributed by atoms with Crippen molar-refractivity contribution in [3.63, 3.8) is 0 Å². The summed E-state index contributed by atoms with van der Waals surface area (Å²) in [7, 11) is 0. The Bertz CT molecular complexity index is 262. The molecular weight excluding hydrogens is 176 g/mol. The maximum atomic E-state index is 10.3. The Morgan fingerprint density at radius 1 is 1.83 bits per heavy atom. The largest absolute Gasteiger partial charge is 0.295 e. The molecule has 5 heteroatoms. The molecule has 4 nitrogen and oxygen atoms in total. The molecule has 0 bridgehead atoms. The average Bonchev–Trinajstić information content (AvgIpc) is 2.51. The average molecular weight is 184 g/mol. The fourth-order valence-electron chi connectivity index (χ4n) is 0.742. The van der Waals surface area contributed by atoms with Crippen molar-refractivity contribution in [2.24, 2.45) is 4.99 Å². The van der Waals surface area contributed by atoms with Crippen LogP contribution in [-0.4, -0.2) is 21.9 Å². The maximum Gasteiger partial charge on any atom is 0.295 e. The lowest BCUT2D eigenvalue weighted by molar-refractivity contribution is -0.475. The molecule has 0 aliphatic carbocycles. The van der Waals surface area contributed by atoms with Gasteiger partial charge in [0.1, 0.15) is 5.37 Å². The zero-order chi connectivity index (χ0) is 9.14. The van der Waals surface area contributed by atoms with Gasteiger partial charge in [-0.15, -0.1) is 0 Å². The van der Waals surface area contributed by atoms with E-state index in [2.05, 4.69) is 18.2 Å². The van der Waals surface area contributed by atoms with Crippen LogP contribution in [0.2, 0.25) is 0 Å². The molecule has 0 N–H and O–H groups in total. The number of aliphatic imine (C=N–C) groups is 1. The number of rotatable bonds is 3. The normalized spacial score (nSPS) is 27.0.